The van der Waals surface area contributed by atoms with E-state index in [4.69, 9.17) is 24.8 Å². The van der Waals surface area contributed by atoms with Gasteiger partial charge in [0, 0.05) is 12.8 Å². The molecule has 0 amide bonds. The fraction of sp³-hybridized carbons (Fsp3) is 0.795. The number of carboxylic acids is 1. The number of phosphoric ester groups is 1. The highest BCUT2D eigenvalue weighted by atomic mass is 31.2. The third-order valence-corrected chi connectivity index (χ3v) is 10.3. The van der Waals surface area contributed by atoms with Crippen LogP contribution in [0.25, 0.3) is 0 Å². The summed E-state index contributed by atoms with van der Waals surface area (Å²) in [4.78, 5) is 46.0. The van der Waals surface area contributed by atoms with Crippen molar-refractivity contribution in [1.29, 1.82) is 0 Å². The Morgan fingerprint density at radius 2 is 0.946 bits per heavy atom. The van der Waals surface area contributed by atoms with Gasteiger partial charge in [-0.15, -0.1) is 0 Å². The van der Waals surface area contributed by atoms with Crippen molar-refractivity contribution in [2.75, 3.05) is 19.8 Å². The minimum Gasteiger partial charge on any atom is -0.480 e. The molecule has 11 nitrogen and oxygen atoms in total. The van der Waals surface area contributed by atoms with Crippen LogP contribution >= 0.6 is 7.82 Å². The largest absolute Gasteiger partial charge is 0.480 e. The number of carbonyl (C=O) groups is 3. The van der Waals surface area contributed by atoms with Crippen molar-refractivity contribution >= 4 is 25.7 Å². The van der Waals surface area contributed by atoms with Gasteiger partial charge in [-0.1, -0.05) is 147 Å². The monoisotopic (exact) mass is 814 g/mol. The number of esters is 2. The zero-order chi connectivity index (χ0) is 41.4. The lowest BCUT2D eigenvalue weighted by molar-refractivity contribution is -0.161. The number of phosphoric acid groups is 1. The molecule has 4 N–H and O–H groups in total. The van der Waals surface area contributed by atoms with Crippen molar-refractivity contribution in [3.8, 4) is 0 Å². The molecule has 0 saturated heterocycles. The molecular weight excluding hydrogens is 733 g/mol. The van der Waals surface area contributed by atoms with Crippen molar-refractivity contribution in [2.24, 2.45) is 5.73 Å². The predicted octanol–water partition coefficient (Wildman–Crippen LogP) is 11.6. The Labute approximate surface area is 340 Å². The summed E-state index contributed by atoms with van der Waals surface area (Å²) >= 11 is 0. The first-order chi connectivity index (χ1) is 27.1. The minimum absolute atomic E-state index is 0.155. The number of nitrogens with two attached hydrogens (primary N) is 1. The van der Waals surface area contributed by atoms with Gasteiger partial charge in [0.25, 0.3) is 0 Å². The molecule has 0 aliphatic carbocycles. The highest BCUT2D eigenvalue weighted by Crippen LogP contribution is 2.43. The lowest BCUT2D eigenvalue weighted by atomic mass is 10.1. The van der Waals surface area contributed by atoms with Gasteiger partial charge in [-0.25, -0.2) is 4.57 Å². The Hall–Kier alpha value is -2.30. The van der Waals surface area contributed by atoms with Crippen LogP contribution in [0.5, 0.6) is 0 Å². The lowest BCUT2D eigenvalue weighted by Crippen LogP contribution is -2.34. The standard InChI is InChI=1S/C44H80NO10P/c1-3-5-7-9-11-13-15-17-19-20-22-23-25-27-29-31-33-35-42(46)52-37-40(38-53-56(50,51)54-39-41(45)44(48)49)55-43(47)36-34-32-30-28-26-24-21-18-16-14-12-10-8-6-4-2/h11,13-14,16-17,19,40-41H,3-10,12,15,18,20-39,45H2,1-2H3,(H,48,49)(H,50,51)/b13-11+,16-14+,19-17+/t40-,41+/m1/s1. The van der Waals surface area contributed by atoms with Gasteiger partial charge < -0.3 is 25.2 Å². The van der Waals surface area contributed by atoms with Crippen molar-refractivity contribution in [2.45, 2.75) is 206 Å². The van der Waals surface area contributed by atoms with E-state index in [9.17, 15) is 23.8 Å². The highest BCUT2D eigenvalue weighted by Gasteiger charge is 2.28. The third-order valence-electron chi connectivity index (χ3n) is 9.36. The van der Waals surface area contributed by atoms with E-state index in [0.717, 1.165) is 64.2 Å². The first kappa shape index (κ1) is 53.7. The van der Waals surface area contributed by atoms with E-state index in [0.29, 0.717) is 12.8 Å². The van der Waals surface area contributed by atoms with E-state index < -0.39 is 51.1 Å². The Balaban J connectivity index is 4.36. The summed E-state index contributed by atoms with van der Waals surface area (Å²) in [6, 6.07) is -1.52. The smallest absolute Gasteiger partial charge is 0.472 e. The fourth-order valence-electron chi connectivity index (χ4n) is 5.85. The summed E-state index contributed by atoms with van der Waals surface area (Å²) in [6.07, 6.45) is 42.0. The fourth-order valence-corrected chi connectivity index (χ4v) is 6.63. The lowest BCUT2D eigenvalue weighted by Gasteiger charge is -2.20. The van der Waals surface area contributed by atoms with Crippen LogP contribution in [-0.4, -0.2) is 59.9 Å². The highest BCUT2D eigenvalue weighted by molar-refractivity contribution is 7.47. The molecule has 0 spiro atoms. The normalized spacial score (nSPS) is 14.1. The minimum atomic E-state index is -4.72. The van der Waals surface area contributed by atoms with Crippen molar-refractivity contribution in [3.05, 3.63) is 36.5 Å². The Morgan fingerprint density at radius 3 is 1.45 bits per heavy atom. The van der Waals surface area contributed by atoms with E-state index in [1.54, 1.807) is 0 Å². The van der Waals surface area contributed by atoms with E-state index in [1.165, 1.54) is 89.9 Å². The van der Waals surface area contributed by atoms with Crippen LogP contribution in [0.2, 0.25) is 0 Å². The number of ether oxygens (including phenoxy) is 2. The average molecular weight is 814 g/mol. The van der Waals surface area contributed by atoms with Gasteiger partial charge in [-0.2, -0.15) is 0 Å². The van der Waals surface area contributed by atoms with E-state index in [-0.39, 0.29) is 19.4 Å². The molecule has 0 aliphatic rings. The summed E-state index contributed by atoms with van der Waals surface area (Å²) in [5.74, 6) is -2.39. The number of carbonyl (C=O) groups excluding carboxylic acids is 2. The van der Waals surface area contributed by atoms with Crippen LogP contribution in [0.4, 0.5) is 0 Å². The van der Waals surface area contributed by atoms with Crippen molar-refractivity contribution in [1.82, 2.24) is 0 Å². The van der Waals surface area contributed by atoms with E-state index in [1.807, 2.05) is 0 Å². The first-order valence-corrected chi connectivity index (χ1v) is 23.5. The number of aliphatic carboxylic acids is 1. The second-order valence-electron chi connectivity index (χ2n) is 14.8. The van der Waals surface area contributed by atoms with Crippen LogP contribution in [0.3, 0.4) is 0 Å². The first-order valence-electron chi connectivity index (χ1n) is 22.0. The number of allylic oxidation sites excluding steroid dienone is 6. The van der Waals surface area contributed by atoms with Gasteiger partial charge in [0.2, 0.25) is 0 Å². The number of hydrogen-bond donors (Lipinski definition) is 3. The topological polar surface area (TPSA) is 172 Å². The molecule has 0 aliphatic heterocycles. The average Bonchev–Trinajstić information content (AvgIpc) is 3.17. The van der Waals surface area contributed by atoms with Crippen molar-refractivity contribution in [3.63, 3.8) is 0 Å². The van der Waals surface area contributed by atoms with Crippen LogP contribution in [0.1, 0.15) is 194 Å². The van der Waals surface area contributed by atoms with Crippen LogP contribution in [-0.2, 0) is 37.5 Å². The zero-order valence-electron chi connectivity index (χ0n) is 35.2. The molecule has 56 heavy (non-hydrogen) atoms. The third kappa shape index (κ3) is 38.6. The Kier molecular flexibility index (Phi) is 37.9. The second-order valence-corrected chi connectivity index (χ2v) is 16.3. The molecule has 0 radical (unpaired) electrons. The van der Waals surface area contributed by atoms with E-state index in [2.05, 4.69) is 54.8 Å². The quantitative estimate of drug-likeness (QED) is 0.0232. The second kappa shape index (κ2) is 39.5. The summed E-state index contributed by atoms with van der Waals surface area (Å²) in [5, 5.41) is 8.89. The molecule has 326 valence electrons. The summed E-state index contributed by atoms with van der Waals surface area (Å²) in [5.41, 5.74) is 5.33. The SMILES string of the molecule is CCCCC/C=C/C/C=C/CCCCCCCCCC(=O)OC[C@H](COP(=O)(O)OC[C@H](N)C(=O)O)OC(=O)CCCCCCCCC/C=C/CCCCCC. The molecule has 0 aromatic carbocycles. The molecule has 0 saturated carbocycles. The summed E-state index contributed by atoms with van der Waals surface area (Å²) < 4.78 is 32.7. The van der Waals surface area contributed by atoms with Gasteiger partial charge in [0.1, 0.15) is 12.6 Å². The van der Waals surface area contributed by atoms with Crippen LogP contribution in [0, 0.1) is 0 Å². The molecule has 12 heteroatoms. The summed E-state index contributed by atoms with van der Waals surface area (Å²) in [6.45, 7) is 2.76. The maximum absolute atomic E-state index is 12.6. The number of carboxylic acid groups (broad SMARTS) is 1. The molecule has 0 fully saturated rings. The molecule has 0 rings (SSSR count). The Bertz CT molecular complexity index is 1100. The molecule has 0 aromatic rings. The number of unbranched alkanes of at least 4 members (excludes halogenated alkanes) is 21. The van der Waals surface area contributed by atoms with Gasteiger partial charge in [-0.3, -0.25) is 23.4 Å². The number of rotatable bonds is 41. The number of hydrogen-bond acceptors (Lipinski definition) is 9. The van der Waals surface area contributed by atoms with Gasteiger partial charge >= 0.3 is 25.7 Å². The molecule has 0 aromatic heterocycles. The summed E-state index contributed by atoms with van der Waals surface area (Å²) in [7, 11) is -4.72. The Morgan fingerprint density at radius 1 is 0.554 bits per heavy atom. The zero-order valence-corrected chi connectivity index (χ0v) is 36.1. The van der Waals surface area contributed by atoms with E-state index >= 15 is 0 Å². The maximum Gasteiger partial charge on any atom is 0.472 e. The van der Waals surface area contributed by atoms with Gasteiger partial charge in [-0.05, 0) is 70.6 Å². The molecule has 3 atom stereocenters. The maximum atomic E-state index is 12.6. The van der Waals surface area contributed by atoms with Crippen molar-refractivity contribution < 1.29 is 47.5 Å². The van der Waals surface area contributed by atoms with Gasteiger partial charge in [0.05, 0.1) is 13.2 Å². The predicted molar refractivity (Wildman–Crippen MR) is 226 cm³/mol. The molecular formula is C44H80NO10P. The van der Waals surface area contributed by atoms with Crippen LogP contribution < -0.4 is 5.73 Å². The van der Waals surface area contributed by atoms with Gasteiger partial charge in [0.15, 0.2) is 6.10 Å². The van der Waals surface area contributed by atoms with Crippen LogP contribution in [0.15, 0.2) is 36.5 Å². The molecule has 1 unspecified atom stereocenters. The molecule has 0 bridgehead atoms. The molecule has 0 heterocycles.